The number of hydrogen-bond acceptors (Lipinski definition) is 2. The first-order valence-electron chi connectivity index (χ1n) is 7.54. The monoisotopic (exact) mass is 309 g/mol. The number of amides is 1. The molecule has 0 spiro atoms. The van der Waals surface area contributed by atoms with Crippen molar-refractivity contribution in [2.24, 2.45) is 11.8 Å². The third-order valence-corrected chi connectivity index (χ3v) is 3.40. The van der Waals surface area contributed by atoms with Crippen molar-refractivity contribution < 1.29 is 19.1 Å². The van der Waals surface area contributed by atoms with E-state index in [4.69, 9.17) is 5.11 Å². The smallest absolute Gasteiger partial charge is 0.323 e. The molecule has 1 aromatic rings. The second-order valence-corrected chi connectivity index (χ2v) is 6.08. The largest absolute Gasteiger partial charge is 0.480 e. The minimum Gasteiger partial charge on any atom is -0.480 e. The van der Waals surface area contributed by atoms with Crippen molar-refractivity contribution in [1.82, 2.24) is 4.90 Å². The first kappa shape index (κ1) is 18.1. The van der Waals surface area contributed by atoms with Crippen LogP contribution in [0.15, 0.2) is 24.3 Å². The number of carboxylic acids is 1. The molecule has 1 N–H and O–H groups in total. The molecule has 0 saturated heterocycles. The molecule has 1 unspecified atom stereocenters. The number of carbonyl (C=O) groups is 2. The number of aryl methyl sites for hydroxylation is 1. The predicted molar refractivity (Wildman–Crippen MR) is 82.9 cm³/mol. The van der Waals surface area contributed by atoms with E-state index in [0.717, 1.165) is 5.56 Å². The van der Waals surface area contributed by atoms with Gasteiger partial charge in [0.15, 0.2) is 0 Å². The van der Waals surface area contributed by atoms with Crippen LogP contribution in [-0.2, 0) is 16.0 Å². The van der Waals surface area contributed by atoms with Gasteiger partial charge in [0.2, 0.25) is 5.91 Å². The van der Waals surface area contributed by atoms with Gasteiger partial charge in [-0.3, -0.25) is 9.59 Å². The van der Waals surface area contributed by atoms with Gasteiger partial charge in [-0.05, 0) is 36.5 Å². The van der Waals surface area contributed by atoms with Crippen LogP contribution in [0.1, 0.15) is 32.8 Å². The summed E-state index contributed by atoms with van der Waals surface area (Å²) < 4.78 is 13.1. The Kier molecular flexibility index (Phi) is 7.02. The summed E-state index contributed by atoms with van der Waals surface area (Å²) in [6.45, 7) is 5.83. The molecule has 22 heavy (non-hydrogen) atoms. The highest BCUT2D eigenvalue weighted by Gasteiger charge is 2.23. The Morgan fingerprint density at radius 2 is 1.95 bits per heavy atom. The zero-order valence-corrected chi connectivity index (χ0v) is 13.4. The molecule has 1 atom stereocenters. The van der Waals surface area contributed by atoms with Gasteiger partial charge in [0.05, 0.1) is 0 Å². The Labute approximate surface area is 130 Å². The van der Waals surface area contributed by atoms with E-state index >= 15 is 0 Å². The van der Waals surface area contributed by atoms with E-state index < -0.39 is 5.97 Å². The molecule has 5 heteroatoms. The van der Waals surface area contributed by atoms with Crippen LogP contribution >= 0.6 is 0 Å². The Bertz CT molecular complexity index is 516. The van der Waals surface area contributed by atoms with E-state index in [-0.39, 0.29) is 30.1 Å². The Morgan fingerprint density at radius 1 is 1.27 bits per heavy atom. The van der Waals surface area contributed by atoms with Crippen molar-refractivity contribution >= 4 is 11.9 Å². The molecular weight excluding hydrogens is 285 g/mol. The van der Waals surface area contributed by atoms with Gasteiger partial charge >= 0.3 is 5.97 Å². The fourth-order valence-corrected chi connectivity index (χ4v) is 2.35. The number of aliphatic carboxylic acids is 1. The molecule has 0 aliphatic heterocycles. The minimum atomic E-state index is -1.01. The summed E-state index contributed by atoms with van der Waals surface area (Å²) in [5, 5.41) is 8.93. The Balaban J connectivity index is 2.62. The average molecular weight is 309 g/mol. The van der Waals surface area contributed by atoms with Gasteiger partial charge in [0, 0.05) is 12.5 Å². The van der Waals surface area contributed by atoms with E-state index in [1.807, 2.05) is 19.9 Å². The van der Waals surface area contributed by atoms with Crippen LogP contribution in [0.2, 0.25) is 0 Å². The van der Waals surface area contributed by atoms with E-state index in [1.165, 1.54) is 17.0 Å². The summed E-state index contributed by atoms with van der Waals surface area (Å²) in [6, 6.07) is 6.31. The summed E-state index contributed by atoms with van der Waals surface area (Å²) in [4.78, 5) is 24.7. The van der Waals surface area contributed by atoms with Crippen LogP contribution in [0.25, 0.3) is 0 Å². The van der Waals surface area contributed by atoms with Crippen molar-refractivity contribution in [3.63, 3.8) is 0 Å². The lowest BCUT2D eigenvalue weighted by Crippen LogP contribution is -2.41. The molecule has 0 fully saturated rings. The maximum atomic E-state index is 13.1. The summed E-state index contributed by atoms with van der Waals surface area (Å²) in [7, 11) is 0. The maximum absolute atomic E-state index is 13.1. The van der Waals surface area contributed by atoms with E-state index in [2.05, 4.69) is 0 Å². The predicted octanol–water partition coefficient (Wildman–Crippen LogP) is 2.96. The number of rotatable bonds is 8. The molecule has 0 radical (unpaired) electrons. The number of benzene rings is 1. The number of carbonyl (C=O) groups excluding carboxylic acids is 1. The number of halogens is 1. The third kappa shape index (κ3) is 6.24. The van der Waals surface area contributed by atoms with Gasteiger partial charge < -0.3 is 10.0 Å². The van der Waals surface area contributed by atoms with Crippen LogP contribution < -0.4 is 0 Å². The number of nitrogens with zero attached hydrogens (tertiary/aromatic N) is 1. The molecule has 1 rings (SSSR count). The summed E-state index contributed by atoms with van der Waals surface area (Å²) in [6.07, 6.45) is 1.16. The minimum absolute atomic E-state index is 0.160. The molecule has 0 bridgehead atoms. The van der Waals surface area contributed by atoms with Crippen LogP contribution in [0.5, 0.6) is 0 Å². The zero-order chi connectivity index (χ0) is 16.7. The lowest BCUT2D eigenvalue weighted by atomic mass is 9.99. The van der Waals surface area contributed by atoms with Gasteiger partial charge in [0.25, 0.3) is 0 Å². The zero-order valence-electron chi connectivity index (χ0n) is 13.4. The molecule has 0 aliphatic rings. The van der Waals surface area contributed by atoms with Crippen LogP contribution in [0.4, 0.5) is 4.39 Å². The van der Waals surface area contributed by atoms with Gasteiger partial charge in [-0.1, -0.05) is 32.9 Å². The molecular formula is C17H24FNO3. The second-order valence-electron chi connectivity index (χ2n) is 6.08. The van der Waals surface area contributed by atoms with E-state index in [0.29, 0.717) is 19.4 Å². The molecule has 0 heterocycles. The van der Waals surface area contributed by atoms with Gasteiger partial charge in [-0.25, -0.2) is 4.39 Å². The molecule has 0 aliphatic carbocycles. The van der Waals surface area contributed by atoms with Crippen LogP contribution in [-0.4, -0.2) is 35.0 Å². The summed E-state index contributed by atoms with van der Waals surface area (Å²) in [5.74, 6) is -1.54. The van der Waals surface area contributed by atoms with Gasteiger partial charge in [-0.2, -0.15) is 0 Å². The van der Waals surface area contributed by atoms with Crippen molar-refractivity contribution in [2.75, 3.05) is 13.1 Å². The summed E-state index contributed by atoms with van der Waals surface area (Å²) >= 11 is 0. The molecule has 0 aromatic heterocycles. The molecule has 122 valence electrons. The van der Waals surface area contributed by atoms with Gasteiger partial charge in [0.1, 0.15) is 12.4 Å². The lowest BCUT2D eigenvalue weighted by Gasteiger charge is -2.26. The normalized spacial score (nSPS) is 12.2. The van der Waals surface area contributed by atoms with E-state index in [1.54, 1.807) is 13.0 Å². The highest BCUT2D eigenvalue weighted by molar-refractivity contribution is 5.82. The first-order valence-corrected chi connectivity index (χ1v) is 7.54. The van der Waals surface area contributed by atoms with Crippen LogP contribution in [0, 0.1) is 17.7 Å². The SMILES string of the molecule is CC(C)CN(CC(=O)O)C(=O)C(C)CCc1cccc(F)c1. The topological polar surface area (TPSA) is 57.6 Å². The first-order chi connectivity index (χ1) is 10.3. The number of carboxylic acid groups (broad SMARTS) is 1. The molecule has 1 aromatic carbocycles. The van der Waals surface area contributed by atoms with Crippen molar-refractivity contribution in [1.29, 1.82) is 0 Å². The van der Waals surface area contributed by atoms with Crippen molar-refractivity contribution in [3.05, 3.63) is 35.6 Å². The standard InChI is InChI=1S/C17H24FNO3/c1-12(2)10-19(11-16(20)21)17(22)13(3)7-8-14-5-4-6-15(18)9-14/h4-6,9,12-13H,7-8,10-11H2,1-3H3,(H,20,21). The fraction of sp³-hybridized carbons (Fsp3) is 0.529. The number of hydrogen-bond donors (Lipinski definition) is 1. The van der Waals surface area contributed by atoms with Gasteiger partial charge in [-0.15, -0.1) is 0 Å². The third-order valence-electron chi connectivity index (χ3n) is 3.40. The van der Waals surface area contributed by atoms with E-state index in [9.17, 15) is 14.0 Å². The second kappa shape index (κ2) is 8.51. The van der Waals surface area contributed by atoms with Crippen molar-refractivity contribution in [3.8, 4) is 0 Å². The maximum Gasteiger partial charge on any atom is 0.323 e. The Hall–Kier alpha value is -1.91. The lowest BCUT2D eigenvalue weighted by molar-refractivity contribution is -0.146. The van der Waals surface area contributed by atoms with Crippen LogP contribution in [0.3, 0.4) is 0 Å². The summed E-state index contributed by atoms with van der Waals surface area (Å²) in [5.41, 5.74) is 0.841. The average Bonchev–Trinajstić information content (AvgIpc) is 2.42. The highest BCUT2D eigenvalue weighted by atomic mass is 19.1. The quantitative estimate of drug-likeness (QED) is 0.803. The van der Waals surface area contributed by atoms with Crippen molar-refractivity contribution in [2.45, 2.75) is 33.6 Å². The molecule has 1 amide bonds. The fourth-order valence-electron chi connectivity index (χ4n) is 2.35. The highest BCUT2D eigenvalue weighted by Crippen LogP contribution is 2.14. The molecule has 0 saturated carbocycles. The molecule has 4 nitrogen and oxygen atoms in total. The Morgan fingerprint density at radius 3 is 2.50 bits per heavy atom.